The normalized spacial score (nSPS) is 26.7. The van der Waals surface area contributed by atoms with Gasteiger partial charge in [0.25, 0.3) is 0 Å². The summed E-state index contributed by atoms with van der Waals surface area (Å²) in [4.78, 5) is 14.8. The van der Waals surface area contributed by atoms with Gasteiger partial charge in [-0.1, -0.05) is 25.1 Å². The Kier molecular flexibility index (Phi) is 7.37. The predicted molar refractivity (Wildman–Crippen MR) is 140 cm³/mol. The summed E-state index contributed by atoms with van der Waals surface area (Å²) in [6, 6.07) is 9.61. The van der Waals surface area contributed by atoms with E-state index in [0.717, 1.165) is 49.4 Å². The highest BCUT2D eigenvalue weighted by Gasteiger charge is 2.52. The number of amides is 2. The molecule has 4 bridgehead atoms. The summed E-state index contributed by atoms with van der Waals surface area (Å²) >= 11 is 0. The van der Waals surface area contributed by atoms with E-state index in [1.54, 1.807) is 12.1 Å². The van der Waals surface area contributed by atoms with E-state index < -0.39 is 26.8 Å². The molecular formula is C29H35F3N2O4S. The molecule has 1 unspecified atom stereocenters. The molecule has 4 saturated carbocycles. The zero-order chi connectivity index (χ0) is 28.0. The first-order valence-corrected chi connectivity index (χ1v) is 15.1. The Bertz CT molecular complexity index is 1280. The van der Waals surface area contributed by atoms with Gasteiger partial charge in [-0.2, -0.15) is 21.6 Å². The monoisotopic (exact) mass is 564 g/mol. The molecule has 0 aliphatic heterocycles. The number of hydrogen-bond donors (Lipinski definition) is 1. The Morgan fingerprint density at radius 2 is 1.64 bits per heavy atom. The molecule has 0 saturated heterocycles. The Labute approximate surface area is 228 Å². The van der Waals surface area contributed by atoms with Crippen LogP contribution in [-0.2, 0) is 22.8 Å². The lowest BCUT2D eigenvalue weighted by molar-refractivity contribution is -0.137. The maximum atomic E-state index is 13.6. The van der Waals surface area contributed by atoms with Gasteiger partial charge in [0.1, 0.15) is 10.6 Å². The second-order valence-electron chi connectivity index (χ2n) is 11.7. The molecule has 2 aromatic rings. The minimum Gasteiger partial charge on any atom is -0.379 e. The zero-order valence-corrected chi connectivity index (χ0v) is 23.0. The van der Waals surface area contributed by atoms with Crippen LogP contribution in [0.5, 0.6) is 5.75 Å². The second-order valence-corrected chi connectivity index (χ2v) is 13.3. The fourth-order valence-electron chi connectivity index (χ4n) is 7.06. The molecule has 1 atom stereocenters. The fourth-order valence-corrected chi connectivity index (χ4v) is 8.04. The third-order valence-electron chi connectivity index (χ3n) is 8.73. The standard InChI is InChI=1S/C29H35F3N2O4S/c1-3-19(2)34(27(35)33-28-15-21-11-22(16-28)13-23(12-21)17-28)18-20-7-9-25(10-8-20)38-39(36,37)26-6-4-5-24(14-26)29(30,31)32/h4-10,14,19,21-23H,3,11-13,15-18H2,1-2H3,(H,33,35). The van der Waals surface area contributed by atoms with Crippen LogP contribution >= 0.6 is 0 Å². The molecular weight excluding hydrogens is 529 g/mol. The Hall–Kier alpha value is -2.75. The molecule has 2 aromatic carbocycles. The van der Waals surface area contributed by atoms with Crippen molar-refractivity contribution >= 4 is 16.1 Å². The zero-order valence-electron chi connectivity index (χ0n) is 22.2. The summed E-state index contributed by atoms with van der Waals surface area (Å²) in [5, 5.41) is 3.44. The third kappa shape index (κ3) is 6.05. The van der Waals surface area contributed by atoms with Crippen molar-refractivity contribution in [2.45, 2.75) is 88.0 Å². The number of nitrogens with one attached hydrogen (secondary N) is 1. The summed E-state index contributed by atoms with van der Waals surface area (Å²) in [7, 11) is -4.46. The van der Waals surface area contributed by atoms with Gasteiger partial charge < -0.3 is 14.4 Å². The SMILES string of the molecule is CCC(C)N(Cc1ccc(OS(=O)(=O)c2cccc(C(F)(F)F)c2)cc1)C(=O)NC12CC3CC(CC(C3)C1)C2. The molecule has 39 heavy (non-hydrogen) atoms. The van der Waals surface area contributed by atoms with Gasteiger partial charge in [0.15, 0.2) is 0 Å². The number of carbonyl (C=O) groups is 1. The second kappa shape index (κ2) is 10.3. The van der Waals surface area contributed by atoms with Gasteiger partial charge in [-0.05, 0) is 106 Å². The van der Waals surface area contributed by atoms with Crippen molar-refractivity contribution in [3.05, 3.63) is 59.7 Å². The van der Waals surface area contributed by atoms with E-state index in [1.165, 1.54) is 31.4 Å². The van der Waals surface area contributed by atoms with Crippen LogP contribution in [0.3, 0.4) is 0 Å². The number of nitrogens with zero attached hydrogens (tertiary/aromatic N) is 1. The van der Waals surface area contributed by atoms with E-state index in [-0.39, 0.29) is 23.4 Å². The molecule has 6 rings (SSSR count). The van der Waals surface area contributed by atoms with Crippen molar-refractivity contribution in [1.82, 2.24) is 10.2 Å². The average Bonchev–Trinajstić information content (AvgIpc) is 2.86. The molecule has 4 fully saturated rings. The van der Waals surface area contributed by atoms with Gasteiger partial charge in [-0.25, -0.2) is 4.79 Å². The summed E-state index contributed by atoms with van der Waals surface area (Å²) in [5.74, 6) is 2.12. The van der Waals surface area contributed by atoms with Gasteiger partial charge in [0.05, 0.1) is 5.56 Å². The first kappa shape index (κ1) is 27.8. The summed E-state index contributed by atoms with van der Waals surface area (Å²) < 4.78 is 69.4. The van der Waals surface area contributed by atoms with E-state index in [1.807, 2.05) is 18.7 Å². The van der Waals surface area contributed by atoms with Crippen molar-refractivity contribution in [2.24, 2.45) is 17.8 Å². The molecule has 0 heterocycles. The largest absolute Gasteiger partial charge is 0.416 e. The molecule has 10 heteroatoms. The molecule has 0 spiro atoms. The van der Waals surface area contributed by atoms with Crippen LogP contribution in [-0.4, -0.2) is 30.9 Å². The Morgan fingerprint density at radius 3 is 2.18 bits per heavy atom. The van der Waals surface area contributed by atoms with Crippen LogP contribution in [0.1, 0.15) is 69.9 Å². The Balaban J connectivity index is 1.26. The van der Waals surface area contributed by atoms with Crippen LogP contribution in [0.15, 0.2) is 53.4 Å². The highest BCUT2D eigenvalue weighted by molar-refractivity contribution is 7.87. The van der Waals surface area contributed by atoms with Gasteiger partial charge in [-0.15, -0.1) is 0 Å². The van der Waals surface area contributed by atoms with Crippen molar-refractivity contribution in [3.63, 3.8) is 0 Å². The van der Waals surface area contributed by atoms with E-state index in [2.05, 4.69) is 5.32 Å². The lowest BCUT2D eigenvalue weighted by Gasteiger charge is -2.57. The van der Waals surface area contributed by atoms with Crippen molar-refractivity contribution < 1.29 is 30.6 Å². The van der Waals surface area contributed by atoms with Crippen LogP contribution in [0, 0.1) is 17.8 Å². The summed E-state index contributed by atoms with van der Waals surface area (Å²) in [6.07, 6.45) is 3.18. The van der Waals surface area contributed by atoms with E-state index in [9.17, 15) is 26.4 Å². The van der Waals surface area contributed by atoms with Crippen molar-refractivity contribution in [3.8, 4) is 5.75 Å². The smallest absolute Gasteiger partial charge is 0.379 e. The Morgan fingerprint density at radius 1 is 1.05 bits per heavy atom. The van der Waals surface area contributed by atoms with Gasteiger partial charge in [0, 0.05) is 18.1 Å². The molecule has 4 aliphatic carbocycles. The van der Waals surface area contributed by atoms with Gasteiger partial charge in [0.2, 0.25) is 0 Å². The number of hydrogen-bond acceptors (Lipinski definition) is 4. The summed E-state index contributed by atoms with van der Waals surface area (Å²) in [5.41, 5.74) is -0.383. The highest BCUT2D eigenvalue weighted by atomic mass is 32.2. The molecule has 2 amide bonds. The number of carbonyl (C=O) groups excluding carboxylic acids is 1. The highest BCUT2D eigenvalue weighted by Crippen LogP contribution is 2.55. The topological polar surface area (TPSA) is 75.7 Å². The number of benzene rings is 2. The van der Waals surface area contributed by atoms with Crippen molar-refractivity contribution in [1.29, 1.82) is 0 Å². The number of rotatable bonds is 8. The number of halogens is 3. The first-order chi connectivity index (χ1) is 18.4. The minimum atomic E-state index is -4.67. The lowest BCUT2D eigenvalue weighted by Crippen LogP contribution is -2.62. The minimum absolute atomic E-state index is 0.00359. The van der Waals surface area contributed by atoms with Crippen LogP contribution in [0.25, 0.3) is 0 Å². The molecule has 4 aliphatic rings. The van der Waals surface area contributed by atoms with E-state index in [0.29, 0.717) is 30.4 Å². The predicted octanol–water partition coefficient (Wildman–Crippen LogP) is 6.75. The van der Waals surface area contributed by atoms with Gasteiger partial charge >= 0.3 is 22.3 Å². The first-order valence-electron chi connectivity index (χ1n) is 13.7. The summed E-state index contributed by atoms with van der Waals surface area (Å²) in [6.45, 7) is 4.39. The van der Waals surface area contributed by atoms with Crippen LogP contribution in [0.2, 0.25) is 0 Å². The van der Waals surface area contributed by atoms with Gasteiger partial charge in [-0.3, -0.25) is 0 Å². The average molecular weight is 565 g/mol. The van der Waals surface area contributed by atoms with E-state index in [4.69, 9.17) is 4.18 Å². The molecule has 1 N–H and O–H groups in total. The quantitative estimate of drug-likeness (QED) is 0.360. The van der Waals surface area contributed by atoms with E-state index >= 15 is 0 Å². The molecule has 0 aromatic heterocycles. The van der Waals surface area contributed by atoms with Crippen LogP contribution < -0.4 is 9.50 Å². The number of urea groups is 1. The van der Waals surface area contributed by atoms with Crippen LogP contribution in [0.4, 0.5) is 18.0 Å². The molecule has 6 nitrogen and oxygen atoms in total. The fraction of sp³-hybridized carbons (Fsp3) is 0.552. The molecule has 212 valence electrons. The number of alkyl halides is 3. The van der Waals surface area contributed by atoms with Crippen molar-refractivity contribution in [2.75, 3.05) is 0 Å². The molecule has 0 radical (unpaired) electrons. The maximum absolute atomic E-state index is 13.6. The third-order valence-corrected chi connectivity index (χ3v) is 9.97. The maximum Gasteiger partial charge on any atom is 0.416 e. The lowest BCUT2D eigenvalue weighted by atomic mass is 9.53.